The van der Waals surface area contributed by atoms with Gasteiger partial charge in [0, 0.05) is 62.5 Å². The van der Waals surface area contributed by atoms with Crippen molar-refractivity contribution in [1.82, 2.24) is 33.6 Å². The Morgan fingerprint density at radius 2 is 0.794 bits per heavy atom. The summed E-state index contributed by atoms with van der Waals surface area (Å²) in [6, 6.07) is 70.7. The fourth-order valence-electron chi connectivity index (χ4n) is 9.55. The van der Waals surface area contributed by atoms with Gasteiger partial charge in [-0.15, -0.1) is 0 Å². The third-order valence-electron chi connectivity index (χ3n) is 12.3. The van der Waals surface area contributed by atoms with Crippen LogP contribution in [0.5, 0.6) is 0 Å². The third kappa shape index (κ3) is 5.53. The summed E-state index contributed by atoms with van der Waals surface area (Å²) in [5, 5.41) is 4.74. The molecule has 6 aromatic heterocycles. The van der Waals surface area contributed by atoms with Gasteiger partial charge < -0.3 is 9.13 Å². The number of nitrogens with zero attached hydrogens (tertiary/aromatic N) is 7. The molecule has 0 aliphatic carbocycles. The van der Waals surface area contributed by atoms with Crippen LogP contribution in [0.1, 0.15) is 0 Å². The minimum Gasteiger partial charge on any atom is -0.309 e. The Morgan fingerprint density at radius 3 is 1.41 bits per heavy atom. The van der Waals surface area contributed by atoms with Gasteiger partial charge in [-0.05, 0) is 90.0 Å². The number of benzene rings is 7. The molecule has 0 saturated carbocycles. The molecule has 0 fully saturated rings. The van der Waals surface area contributed by atoms with Crippen molar-refractivity contribution in [3.05, 3.63) is 213 Å². The summed E-state index contributed by atoms with van der Waals surface area (Å²) < 4.78 is 6.93. The van der Waals surface area contributed by atoms with E-state index in [2.05, 4.69) is 177 Å². The number of fused-ring (bicyclic) bond motifs is 9. The molecule has 13 rings (SSSR count). The smallest absolute Gasteiger partial charge is 0.162 e. The van der Waals surface area contributed by atoms with Crippen molar-refractivity contribution in [3.8, 4) is 51.0 Å². The van der Waals surface area contributed by atoms with Gasteiger partial charge in [0.15, 0.2) is 5.82 Å². The molecular weight excluding hydrogens is 771 g/mol. The fraction of sp³-hybridized carbons (Fsp3) is 0. The van der Waals surface area contributed by atoms with E-state index in [-0.39, 0.29) is 0 Å². The zero-order valence-electron chi connectivity index (χ0n) is 33.8. The van der Waals surface area contributed by atoms with Gasteiger partial charge in [0.25, 0.3) is 0 Å². The highest BCUT2D eigenvalue weighted by Crippen LogP contribution is 2.39. The quantitative estimate of drug-likeness (QED) is 0.168. The molecule has 7 heteroatoms. The molecule has 7 aromatic carbocycles. The van der Waals surface area contributed by atoms with Crippen molar-refractivity contribution in [3.63, 3.8) is 0 Å². The molecular formula is C56H35N7. The van der Waals surface area contributed by atoms with Crippen LogP contribution in [-0.2, 0) is 0 Å². The van der Waals surface area contributed by atoms with Gasteiger partial charge in [0.05, 0.1) is 38.8 Å². The molecule has 0 amide bonds. The minimum atomic E-state index is 0.690. The Balaban J connectivity index is 0.959. The molecule has 0 saturated heterocycles. The first-order chi connectivity index (χ1) is 31.2. The maximum Gasteiger partial charge on any atom is 0.162 e. The monoisotopic (exact) mass is 805 g/mol. The van der Waals surface area contributed by atoms with Crippen molar-refractivity contribution in [2.45, 2.75) is 0 Å². The summed E-state index contributed by atoms with van der Waals surface area (Å²) in [7, 11) is 0. The maximum absolute atomic E-state index is 5.23. The van der Waals surface area contributed by atoms with Crippen molar-refractivity contribution < 1.29 is 0 Å². The van der Waals surface area contributed by atoms with Gasteiger partial charge in [0.1, 0.15) is 16.9 Å². The highest BCUT2D eigenvalue weighted by Gasteiger charge is 2.20. The Bertz CT molecular complexity index is 3810. The van der Waals surface area contributed by atoms with Gasteiger partial charge in [-0.1, -0.05) is 115 Å². The number of hydrogen-bond acceptors (Lipinski definition) is 4. The van der Waals surface area contributed by atoms with Crippen molar-refractivity contribution in [1.29, 1.82) is 0 Å². The van der Waals surface area contributed by atoms with Crippen LogP contribution in [-0.4, -0.2) is 33.6 Å². The second kappa shape index (κ2) is 13.9. The van der Waals surface area contributed by atoms with E-state index in [1.54, 1.807) is 0 Å². The van der Waals surface area contributed by atoms with Crippen LogP contribution < -0.4 is 0 Å². The van der Waals surface area contributed by atoms with E-state index in [0.29, 0.717) is 5.82 Å². The lowest BCUT2D eigenvalue weighted by molar-refractivity contribution is 1.05. The SMILES string of the molecule is c1ccc(-c2cc(-n3c4ccccc4c4cc(-c5ccc6c(c5)c5ccccc5n6-c5cccc(-n6c7cccnc7c7ncccc76)c5)ccc43)nc(-c3ccccc3)n2)cc1. The Kier molecular flexibility index (Phi) is 7.77. The van der Waals surface area contributed by atoms with Crippen molar-refractivity contribution in [2.75, 3.05) is 0 Å². The molecule has 0 spiro atoms. The number of hydrogen-bond donors (Lipinski definition) is 0. The predicted octanol–water partition coefficient (Wildman–Crippen LogP) is 13.6. The zero-order chi connectivity index (χ0) is 41.4. The highest BCUT2D eigenvalue weighted by molar-refractivity contribution is 6.13. The first-order valence-electron chi connectivity index (χ1n) is 21.1. The summed E-state index contributed by atoms with van der Waals surface area (Å²) in [6.45, 7) is 0. The van der Waals surface area contributed by atoms with E-state index in [4.69, 9.17) is 19.9 Å². The molecule has 13 aromatic rings. The zero-order valence-corrected chi connectivity index (χ0v) is 33.8. The van der Waals surface area contributed by atoms with Crippen LogP contribution in [0.2, 0.25) is 0 Å². The van der Waals surface area contributed by atoms with Crippen molar-refractivity contribution >= 4 is 65.7 Å². The van der Waals surface area contributed by atoms with Crippen LogP contribution in [0.4, 0.5) is 0 Å². The standard InChI is InChI=1S/C56H35N7/c1-3-14-36(15-4-1)46-35-53(60-56(59-46)37-16-5-2-6-17-37)63-48-23-10-8-21-43(48)45-33-39(27-29-50(45)63)38-26-28-49-44(32-38)42-20-7-9-22-47(42)61(49)40-18-11-19-41(34-40)62-51-24-12-30-57-54(51)55-52(62)25-13-31-58-55/h1-35H. The third-order valence-corrected chi connectivity index (χ3v) is 12.3. The summed E-state index contributed by atoms with van der Waals surface area (Å²) in [5.41, 5.74) is 15.7. The summed E-state index contributed by atoms with van der Waals surface area (Å²) in [5.74, 6) is 1.52. The van der Waals surface area contributed by atoms with Gasteiger partial charge in [-0.25, -0.2) is 9.97 Å². The fourth-order valence-corrected chi connectivity index (χ4v) is 9.55. The second-order valence-corrected chi connectivity index (χ2v) is 15.9. The predicted molar refractivity (Wildman–Crippen MR) is 257 cm³/mol. The number of rotatable bonds is 6. The van der Waals surface area contributed by atoms with Crippen molar-refractivity contribution in [2.24, 2.45) is 0 Å². The van der Waals surface area contributed by atoms with E-state index < -0.39 is 0 Å². The van der Waals surface area contributed by atoms with Gasteiger partial charge in [0.2, 0.25) is 0 Å². The lowest BCUT2D eigenvalue weighted by Gasteiger charge is -2.13. The topological polar surface area (TPSA) is 66.3 Å². The lowest BCUT2D eigenvalue weighted by atomic mass is 10.0. The molecule has 0 radical (unpaired) electrons. The van der Waals surface area contributed by atoms with E-state index >= 15 is 0 Å². The lowest BCUT2D eigenvalue weighted by Crippen LogP contribution is -2.02. The van der Waals surface area contributed by atoms with E-state index in [9.17, 15) is 0 Å². The molecule has 294 valence electrons. The summed E-state index contributed by atoms with van der Waals surface area (Å²) >= 11 is 0. The van der Waals surface area contributed by atoms with Gasteiger partial charge in [-0.2, -0.15) is 0 Å². The van der Waals surface area contributed by atoms with E-state index in [0.717, 1.165) is 89.3 Å². The van der Waals surface area contributed by atoms with Crippen LogP contribution >= 0.6 is 0 Å². The van der Waals surface area contributed by atoms with Crippen LogP contribution in [0.3, 0.4) is 0 Å². The average Bonchev–Trinajstić information content (AvgIpc) is 4.00. The van der Waals surface area contributed by atoms with Crippen LogP contribution in [0.15, 0.2) is 213 Å². The van der Waals surface area contributed by atoms with Crippen LogP contribution in [0, 0.1) is 0 Å². The van der Waals surface area contributed by atoms with Gasteiger partial charge in [-0.3, -0.25) is 14.5 Å². The molecule has 6 heterocycles. The highest BCUT2D eigenvalue weighted by atomic mass is 15.1. The Morgan fingerprint density at radius 1 is 0.302 bits per heavy atom. The minimum absolute atomic E-state index is 0.690. The second-order valence-electron chi connectivity index (χ2n) is 15.9. The molecule has 0 aliphatic heterocycles. The normalized spacial score (nSPS) is 11.8. The number of pyridine rings is 2. The first-order valence-corrected chi connectivity index (χ1v) is 21.1. The van der Waals surface area contributed by atoms with E-state index in [1.807, 2.05) is 48.8 Å². The molecule has 63 heavy (non-hydrogen) atoms. The molecule has 0 N–H and O–H groups in total. The Labute approximate surface area is 361 Å². The summed E-state index contributed by atoms with van der Waals surface area (Å²) in [4.78, 5) is 19.7. The first kappa shape index (κ1) is 35.1. The molecule has 0 atom stereocenters. The Hall–Kier alpha value is -8.68. The maximum atomic E-state index is 5.23. The van der Waals surface area contributed by atoms with E-state index in [1.165, 1.54) is 21.5 Å². The molecule has 0 unspecified atom stereocenters. The molecule has 7 nitrogen and oxygen atoms in total. The van der Waals surface area contributed by atoms with Gasteiger partial charge >= 0.3 is 0 Å². The van der Waals surface area contributed by atoms with Crippen LogP contribution in [0.25, 0.3) is 117 Å². The molecule has 0 aliphatic rings. The largest absolute Gasteiger partial charge is 0.309 e. The average molecular weight is 806 g/mol. The summed E-state index contributed by atoms with van der Waals surface area (Å²) in [6.07, 6.45) is 3.67. The number of para-hydroxylation sites is 2. The molecule has 0 bridgehead atoms. The number of aromatic nitrogens is 7.